The van der Waals surface area contributed by atoms with Crippen molar-refractivity contribution in [3.8, 4) is 17.0 Å². The molecule has 1 N–H and O–H groups in total. The normalized spacial score (nSPS) is 10.7. The number of nitrogens with one attached hydrogen (secondary N) is 1. The summed E-state index contributed by atoms with van der Waals surface area (Å²) in [5, 5.41) is 11.4. The highest BCUT2D eigenvalue weighted by Gasteiger charge is 2.11. The van der Waals surface area contributed by atoms with Crippen molar-refractivity contribution in [2.45, 2.75) is 6.54 Å². The second kappa shape index (κ2) is 6.31. The first kappa shape index (κ1) is 13.5. The van der Waals surface area contributed by atoms with Gasteiger partial charge >= 0.3 is 0 Å². The molecule has 1 aromatic carbocycles. The van der Waals surface area contributed by atoms with E-state index in [9.17, 15) is 0 Å². The summed E-state index contributed by atoms with van der Waals surface area (Å²) < 4.78 is 12.0. The van der Waals surface area contributed by atoms with Crippen molar-refractivity contribution in [2.24, 2.45) is 7.05 Å². The third-order valence-electron chi connectivity index (χ3n) is 2.76. The Morgan fingerprint density at radius 3 is 2.63 bits per heavy atom. The molecule has 6 nitrogen and oxygen atoms in total. The molecule has 0 bridgehead atoms. The summed E-state index contributed by atoms with van der Waals surface area (Å²) in [6.07, 6.45) is 0. The van der Waals surface area contributed by atoms with E-state index in [-0.39, 0.29) is 6.79 Å². The second-order valence-corrected chi connectivity index (χ2v) is 4.11. The molecule has 0 atom stereocenters. The summed E-state index contributed by atoms with van der Waals surface area (Å²) in [4.78, 5) is 0. The number of aromatic nitrogens is 3. The Kier molecular flexibility index (Phi) is 4.48. The maximum Gasteiger partial charge on any atom is 0.188 e. The highest BCUT2D eigenvalue weighted by molar-refractivity contribution is 5.62. The predicted molar refractivity (Wildman–Crippen MR) is 71.7 cm³/mol. The number of rotatable bonds is 6. The fraction of sp³-hybridized carbons (Fsp3) is 0.385. The van der Waals surface area contributed by atoms with Gasteiger partial charge in [0.05, 0.1) is 5.69 Å². The Morgan fingerprint density at radius 1 is 1.26 bits per heavy atom. The number of aryl methyl sites for hydroxylation is 1. The molecule has 6 heteroatoms. The molecule has 0 fully saturated rings. The van der Waals surface area contributed by atoms with Crippen molar-refractivity contribution in [3.05, 3.63) is 30.0 Å². The first-order valence-electron chi connectivity index (χ1n) is 6.01. The Bertz CT molecular complexity index is 522. The number of ether oxygens (including phenoxy) is 2. The van der Waals surface area contributed by atoms with E-state index in [1.807, 2.05) is 38.4 Å². The molecule has 0 saturated carbocycles. The van der Waals surface area contributed by atoms with Crippen LogP contribution in [0.25, 0.3) is 11.3 Å². The average molecular weight is 262 g/mol. The van der Waals surface area contributed by atoms with Gasteiger partial charge < -0.3 is 14.8 Å². The van der Waals surface area contributed by atoms with Gasteiger partial charge in [-0.05, 0) is 31.3 Å². The smallest absolute Gasteiger partial charge is 0.188 e. The average Bonchev–Trinajstić information content (AvgIpc) is 2.79. The Morgan fingerprint density at radius 2 is 2.00 bits per heavy atom. The lowest BCUT2D eigenvalue weighted by Gasteiger charge is -2.06. The Hall–Kier alpha value is -1.92. The fourth-order valence-electron chi connectivity index (χ4n) is 1.80. The monoisotopic (exact) mass is 262 g/mol. The summed E-state index contributed by atoms with van der Waals surface area (Å²) in [7, 11) is 5.38. The number of hydrogen-bond donors (Lipinski definition) is 1. The minimum atomic E-state index is 0.246. The van der Waals surface area contributed by atoms with Crippen LogP contribution in [0.15, 0.2) is 24.3 Å². The van der Waals surface area contributed by atoms with E-state index in [4.69, 9.17) is 9.47 Å². The number of hydrogen-bond acceptors (Lipinski definition) is 5. The highest BCUT2D eigenvalue weighted by Crippen LogP contribution is 2.23. The largest absolute Gasteiger partial charge is 0.468 e. The van der Waals surface area contributed by atoms with Crippen LogP contribution < -0.4 is 10.1 Å². The molecule has 0 aliphatic heterocycles. The van der Waals surface area contributed by atoms with E-state index in [1.54, 1.807) is 11.8 Å². The quantitative estimate of drug-likeness (QED) is 0.792. The predicted octanol–water partition coefficient (Wildman–Crippen LogP) is 1.18. The number of methoxy groups -OCH3 is 1. The Balaban J connectivity index is 2.22. The summed E-state index contributed by atoms with van der Waals surface area (Å²) >= 11 is 0. The van der Waals surface area contributed by atoms with Gasteiger partial charge in [-0.1, -0.05) is 5.21 Å². The van der Waals surface area contributed by atoms with E-state index >= 15 is 0 Å². The van der Waals surface area contributed by atoms with Crippen molar-refractivity contribution in [1.82, 2.24) is 20.3 Å². The molecule has 102 valence electrons. The molecule has 2 aromatic rings. The first-order valence-corrected chi connectivity index (χ1v) is 6.01. The van der Waals surface area contributed by atoms with Gasteiger partial charge in [-0.15, -0.1) is 5.10 Å². The second-order valence-electron chi connectivity index (χ2n) is 4.11. The van der Waals surface area contributed by atoms with Gasteiger partial charge in [-0.25, -0.2) is 0 Å². The van der Waals surface area contributed by atoms with E-state index in [2.05, 4.69) is 15.6 Å². The Labute approximate surface area is 112 Å². The van der Waals surface area contributed by atoms with Gasteiger partial charge in [-0.2, -0.15) is 0 Å². The van der Waals surface area contributed by atoms with Gasteiger partial charge in [0.25, 0.3) is 0 Å². The van der Waals surface area contributed by atoms with Gasteiger partial charge in [0.2, 0.25) is 0 Å². The topological polar surface area (TPSA) is 61.2 Å². The molecule has 0 unspecified atom stereocenters. The van der Waals surface area contributed by atoms with Crippen molar-refractivity contribution >= 4 is 0 Å². The zero-order chi connectivity index (χ0) is 13.7. The lowest BCUT2D eigenvalue weighted by atomic mass is 10.1. The van der Waals surface area contributed by atoms with Crippen LogP contribution in [0, 0.1) is 0 Å². The molecule has 0 radical (unpaired) electrons. The van der Waals surface area contributed by atoms with Crippen molar-refractivity contribution in [2.75, 3.05) is 21.0 Å². The molecular weight excluding hydrogens is 244 g/mol. The van der Waals surface area contributed by atoms with Gasteiger partial charge in [0.1, 0.15) is 11.4 Å². The molecule has 0 aliphatic rings. The molecule has 0 spiro atoms. The van der Waals surface area contributed by atoms with Gasteiger partial charge in [0, 0.05) is 26.3 Å². The molecule has 0 amide bonds. The van der Waals surface area contributed by atoms with Crippen LogP contribution >= 0.6 is 0 Å². The van der Waals surface area contributed by atoms with Crippen LogP contribution in [0.5, 0.6) is 5.75 Å². The minimum Gasteiger partial charge on any atom is -0.468 e. The van der Waals surface area contributed by atoms with Crippen LogP contribution in [-0.2, 0) is 18.3 Å². The number of benzene rings is 1. The molecule has 0 aliphatic carbocycles. The standard InChI is InChI=1S/C13H18N4O2/c1-14-8-12-13(15-16-17(12)2)10-4-6-11(7-5-10)19-9-18-3/h4-7,14H,8-9H2,1-3H3. The maximum atomic E-state index is 5.35. The van der Waals surface area contributed by atoms with Crippen LogP contribution in [0.2, 0.25) is 0 Å². The van der Waals surface area contributed by atoms with Crippen molar-refractivity contribution in [1.29, 1.82) is 0 Å². The molecule has 19 heavy (non-hydrogen) atoms. The zero-order valence-electron chi connectivity index (χ0n) is 11.4. The molecule has 0 saturated heterocycles. The third kappa shape index (κ3) is 3.10. The summed E-state index contributed by atoms with van der Waals surface area (Å²) in [6.45, 7) is 0.969. The lowest BCUT2D eigenvalue weighted by molar-refractivity contribution is 0.0511. The first-order chi connectivity index (χ1) is 9.26. The van der Waals surface area contributed by atoms with Crippen LogP contribution in [-0.4, -0.2) is 35.9 Å². The summed E-state index contributed by atoms with van der Waals surface area (Å²) in [6, 6.07) is 7.72. The maximum absolute atomic E-state index is 5.35. The van der Waals surface area contributed by atoms with E-state index in [1.165, 1.54) is 0 Å². The summed E-state index contributed by atoms with van der Waals surface area (Å²) in [5.74, 6) is 0.768. The lowest BCUT2D eigenvalue weighted by Crippen LogP contribution is -2.10. The van der Waals surface area contributed by atoms with E-state index in [0.717, 1.165) is 29.2 Å². The van der Waals surface area contributed by atoms with Crippen molar-refractivity contribution in [3.63, 3.8) is 0 Å². The minimum absolute atomic E-state index is 0.246. The molecule has 1 aromatic heterocycles. The van der Waals surface area contributed by atoms with E-state index in [0.29, 0.717) is 0 Å². The van der Waals surface area contributed by atoms with Crippen LogP contribution in [0.4, 0.5) is 0 Å². The van der Waals surface area contributed by atoms with Crippen molar-refractivity contribution < 1.29 is 9.47 Å². The van der Waals surface area contributed by atoms with Gasteiger partial charge in [0.15, 0.2) is 6.79 Å². The van der Waals surface area contributed by atoms with E-state index < -0.39 is 0 Å². The molecule has 1 heterocycles. The SMILES string of the molecule is CNCc1c(-c2ccc(OCOC)cc2)nnn1C. The van der Waals surface area contributed by atoms with Crippen LogP contribution in [0.3, 0.4) is 0 Å². The van der Waals surface area contributed by atoms with Gasteiger partial charge in [-0.3, -0.25) is 4.68 Å². The highest BCUT2D eigenvalue weighted by atomic mass is 16.7. The zero-order valence-corrected chi connectivity index (χ0v) is 11.4. The fourth-order valence-corrected chi connectivity index (χ4v) is 1.80. The molecular formula is C13H18N4O2. The number of nitrogens with zero attached hydrogens (tertiary/aromatic N) is 3. The van der Waals surface area contributed by atoms with Crippen LogP contribution in [0.1, 0.15) is 5.69 Å². The molecule has 2 rings (SSSR count). The third-order valence-corrected chi connectivity index (χ3v) is 2.76. The summed E-state index contributed by atoms with van der Waals surface area (Å²) in [5.41, 5.74) is 2.95.